The lowest BCUT2D eigenvalue weighted by molar-refractivity contribution is 0.412. The fraction of sp³-hybridized carbons (Fsp3) is 0.200. The first-order valence-electron chi connectivity index (χ1n) is 6.06. The Hall–Kier alpha value is -0.710. The molecular weight excluding hydrogens is 405 g/mol. The van der Waals surface area contributed by atoms with Gasteiger partial charge in [-0.05, 0) is 74.7 Å². The molecule has 1 unspecified atom stereocenters. The molecule has 0 bridgehead atoms. The van der Waals surface area contributed by atoms with Gasteiger partial charge in [-0.3, -0.25) is 0 Å². The predicted molar refractivity (Wildman–Crippen MR) is 91.9 cm³/mol. The molecule has 2 rings (SSSR count). The highest BCUT2D eigenvalue weighted by atomic mass is 79.9. The van der Waals surface area contributed by atoms with Crippen molar-refractivity contribution in [1.82, 2.24) is 0 Å². The van der Waals surface area contributed by atoms with Gasteiger partial charge >= 0.3 is 0 Å². The summed E-state index contributed by atoms with van der Waals surface area (Å²) in [4.78, 5) is 0. The Bertz CT molecular complexity index is 619. The van der Waals surface area contributed by atoms with E-state index >= 15 is 0 Å². The van der Waals surface area contributed by atoms with Gasteiger partial charge in [0.25, 0.3) is 0 Å². The molecule has 0 aliphatic heterocycles. The molecule has 1 atom stereocenters. The van der Waals surface area contributed by atoms with Gasteiger partial charge in [-0.1, -0.05) is 17.7 Å². The van der Waals surface area contributed by atoms with Gasteiger partial charge in [-0.2, -0.15) is 0 Å². The Labute approximate surface area is 140 Å². The summed E-state index contributed by atoms with van der Waals surface area (Å²) in [5.74, 6) is 0.827. The molecule has 106 valence electrons. The topological polar surface area (TPSA) is 21.3 Å². The van der Waals surface area contributed by atoms with Gasteiger partial charge in [0, 0.05) is 16.2 Å². The van der Waals surface area contributed by atoms with E-state index in [1.807, 2.05) is 30.3 Å². The lowest BCUT2D eigenvalue weighted by Gasteiger charge is -2.17. The lowest BCUT2D eigenvalue weighted by Crippen LogP contribution is -2.06. The molecule has 0 heterocycles. The van der Waals surface area contributed by atoms with Crippen LogP contribution in [0, 0.1) is 0 Å². The highest BCUT2D eigenvalue weighted by molar-refractivity contribution is 9.10. The number of methoxy groups -OCH3 is 1. The SMILES string of the molecule is COc1ccc(C(C)Nc2ccc(Br)c(Cl)c2)cc1Br. The molecule has 2 aromatic carbocycles. The van der Waals surface area contributed by atoms with Crippen LogP contribution in [0.2, 0.25) is 5.02 Å². The number of benzene rings is 2. The van der Waals surface area contributed by atoms with Crippen LogP contribution < -0.4 is 10.1 Å². The molecule has 0 amide bonds. The molecule has 2 nitrogen and oxygen atoms in total. The maximum Gasteiger partial charge on any atom is 0.133 e. The van der Waals surface area contributed by atoms with Crippen molar-refractivity contribution < 1.29 is 4.74 Å². The molecule has 0 aliphatic rings. The van der Waals surface area contributed by atoms with Crippen molar-refractivity contribution >= 4 is 49.1 Å². The summed E-state index contributed by atoms with van der Waals surface area (Å²) < 4.78 is 7.07. The summed E-state index contributed by atoms with van der Waals surface area (Å²) in [7, 11) is 1.66. The number of nitrogens with one attached hydrogen (secondary N) is 1. The van der Waals surface area contributed by atoms with Crippen LogP contribution in [-0.4, -0.2) is 7.11 Å². The molecule has 0 spiro atoms. The minimum absolute atomic E-state index is 0.162. The van der Waals surface area contributed by atoms with Crippen molar-refractivity contribution in [2.75, 3.05) is 12.4 Å². The van der Waals surface area contributed by atoms with Crippen molar-refractivity contribution in [3.05, 3.63) is 55.9 Å². The normalized spacial score (nSPS) is 12.1. The largest absolute Gasteiger partial charge is 0.496 e. The molecule has 0 fully saturated rings. The Morgan fingerprint density at radius 3 is 2.45 bits per heavy atom. The number of hydrogen-bond acceptors (Lipinski definition) is 2. The van der Waals surface area contributed by atoms with Gasteiger partial charge in [-0.25, -0.2) is 0 Å². The zero-order chi connectivity index (χ0) is 14.7. The van der Waals surface area contributed by atoms with Gasteiger partial charge < -0.3 is 10.1 Å². The van der Waals surface area contributed by atoms with Crippen LogP contribution in [0.1, 0.15) is 18.5 Å². The highest BCUT2D eigenvalue weighted by Crippen LogP contribution is 2.31. The van der Waals surface area contributed by atoms with Crippen LogP contribution in [0.25, 0.3) is 0 Å². The monoisotopic (exact) mass is 417 g/mol. The Morgan fingerprint density at radius 2 is 1.85 bits per heavy atom. The van der Waals surface area contributed by atoms with E-state index in [-0.39, 0.29) is 6.04 Å². The minimum Gasteiger partial charge on any atom is -0.496 e. The molecule has 0 radical (unpaired) electrons. The molecular formula is C15H14Br2ClNO. The van der Waals surface area contributed by atoms with Crippen LogP contribution in [-0.2, 0) is 0 Å². The Morgan fingerprint density at radius 1 is 1.10 bits per heavy atom. The molecule has 0 aliphatic carbocycles. The molecule has 0 saturated carbocycles. The summed E-state index contributed by atoms with van der Waals surface area (Å²) in [6.07, 6.45) is 0. The molecule has 1 N–H and O–H groups in total. The van der Waals surface area contributed by atoms with E-state index in [0.717, 1.165) is 25.9 Å². The van der Waals surface area contributed by atoms with E-state index in [2.05, 4.69) is 50.2 Å². The molecule has 20 heavy (non-hydrogen) atoms. The minimum atomic E-state index is 0.162. The van der Waals surface area contributed by atoms with E-state index in [1.54, 1.807) is 7.11 Å². The van der Waals surface area contributed by atoms with E-state index < -0.39 is 0 Å². The Balaban J connectivity index is 2.17. The zero-order valence-electron chi connectivity index (χ0n) is 11.1. The van der Waals surface area contributed by atoms with E-state index in [1.165, 1.54) is 0 Å². The van der Waals surface area contributed by atoms with Gasteiger partial charge in [-0.15, -0.1) is 0 Å². The van der Waals surface area contributed by atoms with E-state index in [0.29, 0.717) is 5.02 Å². The van der Waals surface area contributed by atoms with Crippen LogP contribution in [0.15, 0.2) is 45.3 Å². The quantitative estimate of drug-likeness (QED) is 0.652. The van der Waals surface area contributed by atoms with Gasteiger partial charge in [0.1, 0.15) is 5.75 Å². The van der Waals surface area contributed by atoms with Crippen molar-refractivity contribution in [2.24, 2.45) is 0 Å². The number of ether oxygens (including phenoxy) is 1. The third-order valence-corrected chi connectivity index (χ3v) is 4.83. The lowest BCUT2D eigenvalue weighted by atomic mass is 10.1. The molecule has 0 aromatic heterocycles. The van der Waals surface area contributed by atoms with E-state index in [4.69, 9.17) is 16.3 Å². The van der Waals surface area contributed by atoms with Crippen LogP contribution >= 0.6 is 43.5 Å². The van der Waals surface area contributed by atoms with E-state index in [9.17, 15) is 0 Å². The smallest absolute Gasteiger partial charge is 0.133 e. The fourth-order valence-electron chi connectivity index (χ4n) is 1.87. The second-order valence-electron chi connectivity index (χ2n) is 4.39. The van der Waals surface area contributed by atoms with Gasteiger partial charge in [0.05, 0.1) is 16.6 Å². The first kappa shape index (κ1) is 15.7. The van der Waals surface area contributed by atoms with Crippen LogP contribution in [0.5, 0.6) is 5.75 Å². The summed E-state index contributed by atoms with van der Waals surface area (Å²) in [6.45, 7) is 2.10. The third-order valence-electron chi connectivity index (χ3n) is 2.98. The maximum absolute atomic E-state index is 6.10. The van der Waals surface area contributed by atoms with Crippen molar-refractivity contribution in [2.45, 2.75) is 13.0 Å². The first-order valence-corrected chi connectivity index (χ1v) is 8.02. The van der Waals surface area contributed by atoms with Crippen LogP contribution in [0.4, 0.5) is 5.69 Å². The highest BCUT2D eigenvalue weighted by Gasteiger charge is 2.09. The summed E-state index contributed by atoms with van der Waals surface area (Å²) in [6, 6.07) is 12.0. The van der Waals surface area contributed by atoms with Crippen molar-refractivity contribution in [3.63, 3.8) is 0 Å². The predicted octanol–water partition coefficient (Wildman–Crippen LogP) is 6.05. The first-order chi connectivity index (χ1) is 9.51. The molecule has 2 aromatic rings. The third kappa shape index (κ3) is 3.68. The summed E-state index contributed by atoms with van der Waals surface area (Å²) in [5, 5.41) is 4.12. The van der Waals surface area contributed by atoms with Crippen LogP contribution in [0.3, 0.4) is 0 Å². The number of halogens is 3. The fourth-order valence-corrected chi connectivity index (χ4v) is 2.86. The number of hydrogen-bond donors (Lipinski definition) is 1. The standard InChI is InChI=1S/C15H14Br2ClNO/c1-9(10-3-6-15(20-2)13(17)7-10)19-11-4-5-12(16)14(18)8-11/h3-9,19H,1-2H3. The van der Waals surface area contributed by atoms with Gasteiger partial charge in [0.2, 0.25) is 0 Å². The number of rotatable bonds is 4. The second kappa shape index (κ2) is 6.83. The maximum atomic E-state index is 6.10. The zero-order valence-corrected chi connectivity index (χ0v) is 15.0. The Kier molecular flexibility index (Phi) is 5.35. The average Bonchev–Trinajstić information content (AvgIpc) is 2.42. The van der Waals surface area contributed by atoms with Crippen molar-refractivity contribution in [3.8, 4) is 5.75 Å². The average molecular weight is 420 g/mol. The molecule has 5 heteroatoms. The van der Waals surface area contributed by atoms with Gasteiger partial charge in [0.15, 0.2) is 0 Å². The molecule has 0 saturated heterocycles. The van der Waals surface area contributed by atoms with Crippen molar-refractivity contribution in [1.29, 1.82) is 0 Å². The second-order valence-corrected chi connectivity index (χ2v) is 6.50. The summed E-state index contributed by atoms with van der Waals surface area (Å²) in [5.41, 5.74) is 2.15. The number of anilines is 1. The summed E-state index contributed by atoms with van der Waals surface area (Å²) >= 11 is 13.0.